The van der Waals surface area contributed by atoms with Gasteiger partial charge in [-0.25, -0.2) is 0 Å². The van der Waals surface area contributed by atoms with Crippen molar-refractivity contribution in [3.63, 3.8) is 0 Å². The molecule has 0 aliphatic rings. The van der Waals surface area contributed by atoms with E-state index in [1.165, 1.54) is 0 Å². The van der Waals surface area contributed by atoms with Crippen LogP contribution in [0.25, 0.3) is 0 Å². The Bertz CT molecular complexity index is 303. The number of amides is 2. The monoisotopic (exact) mass is 304 g/mol. The highest BCUT2D eigenvalue weighted by Crippen LogP contribution is 2.10. The van der Waals surface area contributed by atoms with E-state index >= 15 is 0 Å². The molecular formula is C12H28N2O3Si2. The Morgan fingerprint density at radius 2 is 1.37 bits per heavy atom. The van der Waals surface area contributed by atoms with Gasteiger partial charge in [-0.3, -0.25) is 9.59 Å². The molecule has 0 aromatic rings. The van der Waals surface area contributed by atoms with Crippen molar-refractivity contribution in [2.45, 2.75) is 40.8 Å². The standard InChI is InChI=1S/C12H28N2O3Si2/c1-7-13(8-2)11(15)18-17-19(5,6)12(16)14(9-3)10-4/h7-10,18H2,1-6H3. The topological polar surface area (TPSA) is 49.9 Å². The molecule has 0 unspecified atom stereocenters. The Labute approximate surface area is 120 Å². The number of carbonyl (C=O) groups is 2. The van der Waals surface area contributed by atoms with E-state index in [2.05, 4.69) is 0 Å². The summed E-state index contributed by atoms with van der Waals surface area (Å²) in [4.78, 5) is 27.8. The van der Waals surface area contributed by atoms with E-state index in [0.29, 0.717) is 26.2 Å². The molecule has 0 saturated heterocycles. The van der Waals surface area contributed by atoms with Gasteiger partial charge < -0.3 is 13.9 Å². The zero-order chi connectivity index (χ0) is 15.1. The minimum atomic E-state index is -2.44. The molecule has 0 aromatic carbocycles. The molecule has 0 heterocycles. The predicted octanol–water partition coefficient (Wildman–Crippen LogP) is 1.80. The first-order chi connectivity index (χ1) is 8.83. The summed E-state index contributed by atoms with van der Waals surface area (Å²) in [6.45, 7) is 14.4. The second-order valence-electron chi connectivity index (χ2n) is 4.84. The van der Waals surface area contributed by atoms with Gasteiger partial charge in [-0.1, -0.05) is 0 Å². The Morgan fingerprint density at radius 1 is 0.947 bits per heavy atom. The number of carbonyl (C=O) groups excluding carboxylic acids is 2. The molecule has 0 rings (SSSR count). The van der Waals surface area contributed by atoms with Crippen LogP contribution in [0, 0.1) is 0 Å². The lowest BCUT2D eigenvalue weighted by molar-refractivity contribution is 0.219. The second-order valence-corrected chi connectivity index (χ2v) is 10.3. The SMILES string of the molecule is CCN(CC)C(=O)[SiH2]O[Si](C)(C)C(=O)N(CC)CC. The molecular weight excluding hydrogens is 276 g/mol. The summed E-state index contributed by atoms with van der Waals surface area (Å²) >= 11 is 0. The lowest BCUT2D eigenvalue weighted by Gasteiger charge is -2.29. The van der Waals surface area contributed by atoms with Crippen LogP contribution in [0.15, 0.2) is 0 Å². The van der Waals surface area contributed by atoms with Crippen LogP contribution in [0.2, 0.25) is 13.1 Å². The van der Waals surface area contributed by atoms with Crippen molar-refractivity contribution in [1.29, 1.82) is 0 Å². The smallest absolute Gasteiger partial charge is 0.276 e. The molecule has 5 nitrogen and oxygen atoms in total. The van der Waals surface area contributed by atoms with Gasteiger partial charge in [-0.05, 0) is 40.8 Å². The summed E-state index contributed by atoms with van der Waals surface area (Å²) in [6.07, 6.45) is 0. The zero-order valence-electron chi connectivity index (χ0n) is 13.2. The van der Waals surface area contributed by atoms with Gasteiger partial charge in [0.1, 0.15) is 0 Å². The molecule has 0 radical (unpaired) electrons. The minimum absolute atomic E-state index is 0.0948. The molecule has 0 aliphatic carbocycles. The zero-order valence-corrected chi connectivity index (χ0v) is 15.6. The van der Waals surface area contributed by atoms with Crippen molar-refractivity contribution in [2.24, 2.45) is 0 Å². The summed E-state index contributed by atoms with van der Waals surface area (Å²) < 4.78 is 5.82. The summed E-state index contributed by atoms with van der Waals surface area (Å²) in [5.74, 6) is 0. The van der Waals surface area contributed by atoms with Gasteiger partial charge in [0.05, 0.1) is 0 Å². The van der Waals surface area contributed by atoms with Gasteiger partial charge in [0, 0.05) is 26.2 Å². The Balaban J connectivity index is 4.53. The summed E-state index contributed by atoms with van der Waals surface area (Å²) in [7, 11) is -3.77. The maximum Gasteiger partial charge on any atom is 0.276 e. The molecule has 112 valence electrons. The van der Waals surface area contributed by atoms with E-state index in [1.54, 1.807) is 9.80 Å². The average molecular weight is 305 g/mol. The molecule has 19 heavy (non-hydrogen) atoms. The van der Waals surface area contributed by atoms with E-state index in [4.69, 9.17) is 4.12 Å². The van der Waals surface area contributed by atoms with Crippen LogP contribution in [0.4, 0.5) is 9.59 Å². The van der Waals surface area contributed by atoms with Crippen LogP contribution < -0.4 is 0 Å². The van der Waals surface area contributed by atoms with Crippen molar-refractivity contribution in [3.05, 3.63) is 0 Å². The van der Waals surface area contributed by atoms with E-state index in [0.717, 1.165) is 0 Å². The lowest BCUT2D eigenvalue weighted by Crippen LogP contribution is -2.52. The highest BCUT2D eigenvalue weighted by Gasteiger charge is 2.36. The van der Waals surface area contributed by atoms with Crippen molar-refractivity contribution in [3.8, 4) is 0 Å². The van der Waals surface area contributed by atoms with Gasteiger partial charge >= 0.3 is 0 Å². The number of rotatable bonds is 8. The predicted molar refractivity (Wildman–Crippen MR) is 83.7 cm³/mol. The van der Waals surface area contributed by atoms with Gasteiger partial charge in [-0.15, -0.1) is 0 Å². The third-order valence-electron chi connectivity index (χ3n) is 3.24. The van der Waals surface area contributed by atoms with Crippen molar-refractivity contribution in [1.82, 2.24) is 9.80 Å². The third-order valence-corrected chi connectivity index (χ3v) is 8.74. The van der Waals surface area contributed by atoms with Crippen LogP contribution >= 0.6 is 0 Å². The minimum Gasteiger partial charge on any atom is -0.447 e. The highest BCUT2D eigenvalue weighted by molar-refractivity contribution is 7.02. The van der Waals surface area contributed by atoms with Gasteiger partial charge in [0.15, 0.2) is 0 Å². The molecule has 0 N–H and O–H groups in total. The fourth-order valence-electron chi connectivity index (χ4n) is 1.86. The van der Waals surface area contributed by atoms with E-state index in [1.807, 2.05) is 40.8 Å². The van der Waals surface area contributed by atoms with E-state index in [9.17, 15) is 9.59 Å². The maximum absolute atomic E-state index is 12.3. The summed E-state index contributed by atoms with van der Waals surface area (Å²) in [6, 6.07) is 0. The van der Waals surface area contributed by atoms with Crippen molar-refractivity contribution >= 4 is 29.1 Å². The normalized spacial score (nSPS) is 11.9. The van der Waals surface area contributed by atoms with Crippen LogP contribution in [0.5, 0.6) is 0 Å². The van der Waals surface area contributed by atoms with Crippen LogP contribution in [0.1, 0.15) is 27.7 Å². The Morgan fingerprint density at radius 3 is 1.74 bits per heavy atom. The largest absolute Gasteiger partial charge is 0.447 e. The fourth-order valence-corrected chi connectivity index (χ4v) is 6.00. The Kier molecular flexibility index (Phi) is 8.20. The lowest BCUT2D eigenvalue weighted by atomic mass is 10.6. The molecule has 0 aromatic heterocycles. The quantitative estimate of drug-likeness (QED) is 0.643. The van der Waals surface area contributed by atoms with Crippen LogP contribution in [0.3, 0.4) is 0 Å². The molecule has 2 amide bonds. The van der Waals surface area contributed by atoms with Gasteiger partial charge in [0.2, 0.25) is 11.1 Å². The maximum atomic E-state index is 12.3. The summed E-state index contributed by atoms with van der Waals surface area (Å²) in [5.41, 5.74) is 0.190. The molecule has 7 heteroatoms. The molecule has 0 aliphatic heterocycles. The summed E-state index contributed by atoms with van der Waals surface area (Å²) in [5, 5.41) is 0. The number of hydrogen-bond acceptors (Lipinski definition) is 3. The fraction of sp³-hybridized carbons (Fsp3) is 0.833. The van der Waals surface area contributed by atoms with E-state index in [-0.39, 0.29) is 11.1 Å². The van der Waals surface area contributed by atoms with Crippen molar-refractivity contribution in [2.75, 3.05) is 26.2 Å². The molecule has 0 saturated carbocycles. The van der Waals surface area contributed by atoms with Crippen LogP contribution in [-0.2, 0) is 4.12 Å². The number of nitrogens with zero attached hydrogens (tertiary/aromatic N) is 2. The molecule has 0 spiro atoms. The van der Waals surface area contributed by atoms with E-state index < -0.39 is 18.1 Å². The highest BCUT2D eigenvalue weighted by atomic mass is 28.4. The molecule has 0 bridgehead atoms. The van der Waals surface area contributed by atoms with Gasteiger partial charge in [-0.2, -0.15) is 0 Å². The van der Waals surface area contributed by atoms with Crippen LogP contribution in [-0.4, -0.2) is 65.1 Å². The number of hydrogen-bond donors (Lipinski definition) is 0. The van der Waals surface area contributed by atoms with Gasteiger partial charge in [0.25, 0.3) is 18.1 Å². The Hall–Kier alpha value is -0.666. The molecule has 0 fully saturated rings. The second kappa shape index (κ2) is 8.49. The average Bonchev–Trinajstić information content (AvgIpc) is 2.39. The first kappa shape index (κ1) is 18.3. The van der Waals surface area contributed by atoms with Crippen molar-refractivity contribution < 1.29 is 13.7 Å². The first-order valence-corrected chi connectivity index (χ1v) is 11.2. The molecule has 0 atom stereocenters. The third kappa shape index (κ3) is 5.45. The first-order valence-electron chi connectivity index (χ1n) is 7.05.